The standard InChI is InChI=1S/C23H29N3O2/c1-16(15-23(2,3)4)14-20(27)25-22-21(17-9-11-18(28-5)12-10-17)24-19-8-6-7-13-26(19)22/h6-13,16H,14-15H2,1-5H3,(H,25,27). The number of hydrogen-bond acceptors (Lipinski definition) is 3. The number of amides is 1. The topological polar surface area (TPSA) is 55.6 Å². The fourth-order valence-electron chi connectivity index (χ4n) is 3.68. The molecular formula is C23H29N3O2. The van der Waals surface area contributed by atoms with Crippen molar-refractivity contribution in [2.45, 2.75) is 40.5 Å². The second kappa shape index (κ2) is 8.05. The molecule has 3 aromatic rings. The van der Waals surface area contributed by atoms with E-state index in [1.165, 1.54) is 0 Å². The summed E-state index contributed by atoms with van der Waals surface area (Å²) in [6.45, 7) is 8.73. The Bertz CT molecular complexity index is 952. The largest absolute Gasteiger partial charge is 0.497 e. The molecule has 2 aromatic heterocycles. The summed E-state index contributed by atoms with van der Waals surface area (Å²) in [6.07, 6.45) is 3.40. The van der Waals surface area contributed by atoms with Crippen LogP contribution in [-0.4, -0.2) is 22.4 Å². The molecule has 1 N–H and O–H groups in total. The molecule has 1 atom stereocenters. The average molecular weight is 380 g/mol. The molecule has 0 aliphatic rings. The van der Waals surface area contributed by atoms with E-state index in [0.29, 0.717) is 18.2 Å². The van der Waals surface area contributed by atoms with Crippen molar-refractivity contribution in [3.8, 4) is 17.0 Å². The molecule has 2 heterocycles. The van der Waals surface area contributed by atoms with E-state index in [0.717, 1.165) is 29.1 Å². The minimum absolute atomic E-state index is 0.0113. The van der Waals surface area contributed by atoms with Crippen LogP contribution in [0.1, 0.15) is 40.5 Å². The van der Waals surface area contributed by atoms with Crippen LogP contribution in [0.25, 0.3) is 16.9 Å². The highest BCUT2D eigenvalue weighted by Gasteiger charge is 2.20. The third kappa shape index (κ3) is 4.71. The van der Waals surface area contributed by atoms with Gasteiger partial charge in [0.2, 0.25) is 5.91 Å². The fraction of sp³-hybridized carbons (Fsp3) is 0.391. The maximum atomic E-state index is 12.8. The molecule has 1 unspecified atom stereocenters. The van der Waals surface area contributed by atoms with E-state index in [1.807, 2.05) is 53.1 Å². The van der Waals surface area contributed by atoms with Crippen molar-refractivity contribution in [2.75, 3.05) is 12.4 Å². The Morgan fingerprint density at radius 1 is 1.18 bits per heavy atom. The Hall–Kier alpha value is -2.82. The molecule has 5 nitrogen and oxygen atoms in total. The lowest BCUT2D eigenvalue weighted by atomic mass is 9.84. The van der Waals surface area contributed by atoms with Gasteiger partial charge in [-0.25, -0.2) is 4.98 Å². The number of carbonyl (C=O) groups is 1. The minimum atomic E-state index is 0.0113. The van der Waals surface area contributed by atoms with Gasteiger partial charge in [0.15, 0.2) is 0 Å². The van der Waals surface area contributed by atoms with E-state index in [4.69, 9.17) is 9.72 Å². The summed E-state index contributed by atoms with van der Waals surface area (Å²) in [5.41, 5.74) is 2.69. The zero-order valence-corrected chi connectivity index (χ0v) is 17.3. The zero-order chi connectivity index (χ0) is 20.3. The van der Waals surface area contributed by atoms with E-state index >= 15 is 0 Å². The van der Waals surface area contributed by atoms with Gasteiger partial charge in [0.25, 0.3) is 0 Å². The van der Waals surface area contributed by atoms with Gasteiger partial charge >= 0.3 is 0 Å². The molecule has 1 aromatic carbocycles. The number of anilines is 1. The van der Waals surface area contributed by atoms with Crippen LogP contribution in [0.2, 0.25) is 0 Å². The lowest BCUT2D eigenvalue weighted by Gasteiger charge is -2.22. The molecule has 0 aliphatic heterocycles. The highest BCUT2D eigenvalue weighted by atomic mass is 16.5. The monoisotopic (exact) mass is 379 g/mol. The Balaban J connectivity index is 1.89. The summed E-state index contributed by atoms with van der Waals surface area (Å²) in [6, 6.07) is 13.5. The molecule has 0 saturated carbocycles. The van der Waals surface area contributed by atoms with E-state index in [-0.39, 0.29) is 11.3 Å². The van der Waals surface area contributed by atoms with Gasteiger partial charge < -0.3 is 10.1 Å². The number of pyridine rings is 1. The van der Waals surface area contributed by atoms with E-state index in [9.17, 15) is 4.79 Å². The first-order chi connectivity index (χ1) is 13.3. The molecule has 0 saturated heterocycles. The summed E-state index contributed by atoms with van der Waals surface area (Å²) >= 11 is 0. The van der Waals surface area contributed by atoms with Crippen LogP contribution < -0.4 is 10.1 Å². The number of nitrogens with one attached hydrogen (secondary N) is 1. The molecule has 0 bridgehead atoms. The Kier molecular flexibility index (Phi) is 5.73. The van der Waals surface area contributed by atoms with Crippen LogP contribution in [0.4, 0.5) is 5.82 Å². The van der Waals surface area contributed by atoms with Crippen molar-refractivity contribution < 1.29 is 9.53 Å². The number of carbonyl (C=O) groups excluding carboxylic acids is 1. The van der Waals surface area contributed by atoms with Crippen molar-refractivity contribution in [1.82, 2.24) is 9.38 Å². The predicted molar refractivity (Wildman–Crippen MR) is 114 cm³/mol. The smallest absolute Gasteiger partial charge is 0.225 e. The third-order valence-electron chi connectivity index (χ3n) is 4.65. The van der Waals surface area contributed by atoms with Crippen LogP contribution >= 0.6 is 0 Å². The number of hydrogen-bond donors (Lipinski definition) is 1. The normalized spacial score (nSPS) is 12.8. The first-order valence-corrected chi connectivity index (χ1v) is 9.68. The molecule has 1 amide bonds. The molecule has 5 heteroatoms. The maximum Gasteiger partial charge on any atom is 0.225 e. The summed E-state index contributed by atoms with van der Waals surface area (Å²) in [5.74, 6) is 1.81. The first kappa shape index (κ1) is 19.9. The highest BCUT2D eigenvalue weighted by molar-refractivity contribution is 5.94. The molecule has 148 valence electrons. The Morgan fingerprint density at radius 3 is 2.54 bits per heavy atom. The zero-order valence-electron chi connectivity index (χ0n) is 17.3. The summed E-state index contributed by atoms with van der Waals surface area (Å²) in [7, 11) is 1.64. The van der Waals surface area contributed by atoms with Gasteiger partial charge in [-0.2, -0.15) is 0 Å². The van der Waals surface area contributed by atoms with Gasteiger partial charge in [-0.05, 0) is 54.2 Å². The Labute approximate surface area is 166 Å². The van der Waals surface area contributed by atoms with Gasteiger partial charge in [-0.1, -0.05) is 33.8 Å². The van der Waals surface area contributed by atoms with Gasteiger partial charge in [-0.3, -0.25) is 9.20 Å². The molecular weight excluding hydrogens is 350 g/mol. The number of ether oxygens (including phenoxy) is 1. The summed E-state index contributed by atoms with van der Waals surface area (Å²) < 4.78 is 7.17. The van der Waals surface area contributed by atoms with Crippen molar-refractivity contribution in [3.05, 3.63) is 48.7 Å². The number of fused-ring (bicyclic) bond motifs is 1. The predicted octanol–water partition coefficient (Wildman–Crippen LogP) is 5.41. The molecule has 0 spiro atoms. The van der Waals surface area contributed by atoms with Crippen LogP contribution in [0.5, 0.6) is 5.75 Å². The van der Waals surface area contributed by atoms with Crippen molar-refractivity contribution in [2.24, 2.45) is 11.3 Å². The number of methoxy groups -OCH3 is 1. The highest BCUT2D eigenvalue weighted by Crippen LogP contribution is 2.31. The molecule has 0 fully saturated rings. The number of imidazole rings is 1. The van der Waals surface area contributed by atoms with E-state index in [2.05, 4.69) is 33.0 Å². The molecule has 28 heavy (non-hydrogen) atoms. The molecule has 0 radical (unpaired) electrons. The lowest BCUT2D eigenvalue weighted by Crippen LogP contribution is -2.19. The Morgan fingerprint density at radius 2 is 1.89 bits per heavy atom. The van der Waals surface area contributed by atoms with Gasteiger partial charge in [-0.15, -0.1) is 0 Å². The minimum Gasteiger partial charge on any atom is -0.497 e. The number of nitrogens with zero attached hydrogens (tertiary/aromatic N) is 2. The summed E-state index contributed by atoms with van der Waals surface area (Å²) in [4.78, 5) is 17.5. The first-order valence-electron chi connectivity index (χ1n) is 9.68. The van der Waals surface area contributed by atoms with Crippen molar-refractivity contribution >= 4 is 17.4 Å². The van der Waals surface area contributed by atoms with Gasteiger partial charge in [0.05, 0.1) is 7.11 Å². The van der Waals surface area contributed by atoms with Crippen LogP contribution in [0, 0.1) is 11.3 Å². The molecule has 0 aliphatic carbocycles. The number of aromatic nitrogens is 2. The third-order valence-corrected chi connectivity index (χ3v) is 4.65. The second-order valence-corrected chi connectivity index (χ2v) is 8.59. The van der Waals surface area contributed by atoms with Crippen molar-refractivity contribution in [1.29, 1.82) is 0 Å². The number of rotatable bonds is 6. The van der Waals surface area contributed by atoms with Gasteiger partial charge in [0, 0.05) is 18.2 Å². The van der Waals surface area contributed by atoms with Crippen LogP contribution in [-0.2, 0) is 4.79 Å². The van der Waals surface area contributed by atoms with Crippen LogP contribution in [0.3, 0.4) is 0 Å². The van der Waals surface area contributed by atoms with Crippen molar-refractivity contribution in [3.63, 3.8) is 0 Å². The maximum absolute atomic E-state index is 12.8. The summed E-state index contributed by atoms with van der Waals surface area (Å²) in [5, 5.41) is 3.11. The van der Waals surface area contributed by atoms with E-state index in [1.54, 1.807) is 7.11 Å². The fourth-order valence-corrected chi connectivity index (χ4v) is 3.68. The lowest BCUT2D eigenvalue weighted by molar-refractivity contribution is -0.117. The second-order valence-electron chi connectivity index (χ2n) is 8.59. The quantitative estimate of drug-likeness (QED) is 0.623. The SMILES string of the molecule is COc1ccc(-c2nc3ccccn3c2NC(=O)CC(C)CC(C)(C)C)cc1. The average Bonchev–Trinajstić information content (AvgIpc) is 2.98. The van der Waals surface area contributed by atoms with E-state index < -0.39 is 0 Å². The molecule has 3 rings (SSSR count). The number of benzene rings is 1. The van der Waals surface area contributed by atoms with Crippen LogP contribution in [0.15, 0.2) is 48.7 Å². The van der Waals surface area contributed by atoms with Gasteiger partial charge in [0.1, 0.15) is 22.9 Å².